The Bertz CT molecular complexity index is 152. The summed E-state index contributed by atoms with van der Waals surface area (Å²) in [4.78, 5) is 11.1. The highest BCUT2D eigenvalue weighted by Gasteiger charge is 2.17. The molecule has 0 aromatic carbocycles. The molecule has 0 aliphatic carbocycles. The Morgan fingerprint density at radius 1 is 1.50 bits per heavy atom. The third-order valence-corrected chi connectivity index (χ3v) is 1.66. The molecule has 1 aliphatic heterocycles. The van der Waals surface area contributed by atoms with Crippen molar-refractivity contribution in [1.82, 2.24) is 5.32 Å². The van der Waals surface area contributed by atoms with E-state index in [1.54, 1.807) is 0 Å². The van der Waals surface area contributed by atoms with Crippen LogP contribution < -0.4 is 5.32 Å². The molecule has 1 amide bonds. The molecule has 1 N–H and O–H groups in total. The largest absolute Gasteiger partial charge is 0.351 e. The number of amides is 1. The summed E-state index contributed by atoms with van der Waals surface area (Å²) >= 11 is 0. The SMILES string of the molecule is CC(C)C(=O)NCC1OCCO1. The minimum Gasteiger partial charge on any atom is -0.351 e. The van der Waals surface area contributed by atoms with E-state index in [4.69, 9.17) is 9.47 Å². The molecule has 4 heteroatoms. The molecule has 1 aliphatic rings. The van der Waals surface area contributed by atoms with Crippen molar-refractivity contribution in [1.29, 1.82) is 0 Å². The number of carbonyl (C=O) groups excluding carboxylic acids is 1. The highest BCUT2D eigenvalue weighted by molar-refractivity contribution is 5.77. The summed E-state index contributed by atoms with van der Waals surface area (Å²) in [5.41, 5.74) is 0. The maximum Gasteiger partial charge on any atom is 0.222 e. The lowest BCUT2D eigenvalue weighted by Gasteiger charge is -2.11. The van der Waals surface area contributed by atoms with Crippen LogP contribution in [0.5, 0.6) is 0 Å². The second kappa shape index (κ2) is 4.42. The standard InChI is InChI=1S/C8H15NO3/c1-6(2)8(10)9-5-7-11-3-4-12-7/h6-7H,3-5H2,1-2H3,(H,9,10). The molecule has 12 heavy (non-hydrogen) atoms. The molecular weight excluding hydrogens is 158 g/mol. The van der Waals surface area contributed by atoms with Gasteiger partial charge in [0.2, 0.25) is 5.91 Å². The average molecular weight is 173 g/mol. The van der Waals surface area contributed by atoms with Crippen molar-refractivity contribution in [2.75, 3.05) is 19.8 Å². The molecule has 1 fully saturated rings. The summed E-state index contributed by atoms with van der Waals surface area (Å²) in [7, 11) is 0. The summed E-state index contributed by atoms with van der Waals surface area (Å²) in [6.07, 6.45) is -0.243. The fraction of sp³-hybridized carbons (Fsp3) is 0.875. The molecule has 0 bridgehead atoms. The van der Waals surface area contributed by atoms with E-state index >= 15 is 0 Å². The van der Waals surface area contributed by atoms with E-state index in [2.05, 4.69) is 5.32 Å². The molecule has 1 rings (SSSR count). The quantitative estimate of drug-likeness (QED) is 0.660. The van der Waals surface area contributed by atoms with Crippen molar-refractivity contribution < 1.29 is 14.3 Å². The van der Waals surface area contributed by atoms with Crippen LogP contribution in [0, 0.1) is 5.92 Å². The van der Waals surface area contributed by atoms with Gasteiger partial charge < -0.3 is 14.8 Å². The molecule has 0 saturated carbocycles. The zero-order valence-corrected chi connectivity index (χ0v) is 7.50. The number of nitrogens with one attached hydrogen (secondary N) is 1. The Morgan fingerprint density at radius 2 is 2.08 bits per heavy atom. The van der Waals surface area contributed by atoms with Crippen LogP contribution in [0.25, 0.3) is 0 Å². The van der Waals surface area contributed by atoms with E-state index in [0.717, 1.165) is 0 Å². The molecule has 1 saturated heterocycles. The van der Waals surface area contributed by atoms with Gasteiger partial charge in [-0.1, -0.05) is 13.8 Å². The zero-order valence-electron chi connectivity index (χ0n) is 7.50. The summed E-state index contributed by atoms with van der Waals surface area (Å²) in [5.74, 6) is 0.0560. The molecule has 0 radical (unpaired) electrons. The molecular formula is C8H15NO3. The van der Waals surface area contributed by atoms with Crippen molar-refractivity contribution in [3.63, 3.8) is 0 Å². The zero-order chi connectivity index (χ0) is 8.97. The minimum absolute atomic E-state index is 0.0198. The minimum atomic E-state index is -0.243. The maximum atomic E-state index is 11.1. The van der Waals surface area contributed by atoms with Gasteiger partial charge in [0.25, 0.3) is 0 Å². The number of ether oxygens (including phenoxy) is 2. The van der Waals surface area contributed by atoms with Gasteiger partial charge >= 0.3 is 0 Å². The number of carbonyl (C=O) groups is 1. The topological polar surface area (TPSA) is 47.6 Å². The fourth-order valence-electron chi connectivity index (χ4n) is 0.913. The van der Waals surface area contributed by atoms with E-state index in [1.165, 1.54) is 0 Å². The van der Waals surface area contributed by atoms with Crippen LogP contribution in [-0.2, 0) is 14.3 Å². The van der Waals surface area contributed by atoms with Crippen LogP contribution in [0.2, 0.25) is 0 Å². The summed E-state index contributed by atoms with van der Waals surface area (Å²) in [5, 5.41) is 2.74. The highest BCUT2D eigenvalue weighted by atomic mass is 16.7. The van der Waals surface area contributed by atoms with Gasteiger partial charge in [-0.25, -0.2) is 0 Å². The lowest BCUT2D eigenvalue weighted by molar-refractivity contribution is -0.126. The van der Waals surface area contributed by atoms with Crippen LogP contribution in [-0.4, -0.2) is 32.0 Å². The van der Waals surface area contributed by atoms with Crippen LogP contribution in [0.15, 0.2) is 0 Å². The van der Waals surface area contributed by atoms with Gasteiger partial charge in [-0.3, -0.25) is 4.79 Å². The predicted molar refractivity (Wildman–Crippen MR) is 43.5 cm³/mol. The van der Waals surface area contributed by atoms with Crippen molar-refractivity contribution in [3.05, 3.63) is 0 Å². The van der Waals surface area contributed by atoms with E-state index in [1.807, 2.05) is 13.8 Å². The summed E-state index contributed by atoms with van der Waals surface area (Å²) < 4.78 is 10.3. The van der Waals surface area contributed by atoms with Crippen molar-refractivity contribution in [2.24, 2.45) is 5.92 Å². The molecule has 0 aromatic heterocycles. The van der Waals surface area contributed by atoms with Gasteiger partial charge in [0.05, 0.1) is 19.8 Å². The van der Waals surface area contributed by atoms with Gasteiger partial charge in [-0.15, -0.1) is 0 Å². The normalized spacial score (nSPS) is 18.6. The maximum absolute atomic E-state index is 11.1. The Morgan fingerprint density at radius 3 is 2.58 bits per heavy atom. The average Bonchev–Trinajstić information content (AvgIpc) is 2.51. The molecule has 0 spiro atoms. The Balaban J connectivity index is 2.12. The van der Waals surface area contributed by atoms with Gasteiger partial charge in [0.1, 0.15) is 0 Å². The van der Waals surface area contributed by atoms with Gasteiger partial charge in [0.15, 0.2) is 6.29 Å². The lowest BCUT2D eigenvalue weighted by atomic mass is 10.2. The van der Waals surface area contributed by atoms with E-state index < -0.39 is 0 Å². The van der Waals surface area contributed by atoms with Gasteiger partial charge in [-0.2, -0.15) is 0 Å². The lowest BCUT2D eigenvalue weighted by Crippen LogP contribution is -2.35. The van der Waals surface area contributed by atoms with Gasteiger partial charge in [-0.05, 0) is 0 Å². The predicted octanol–water partition coefficient (Wildman–Crippen LogP) is 0.131. The fourth-order valence-corrected chi connectivity index (χ4v) is 0.913. The number of rotatable bonds is 3. The Labute approximate surface area is 72.2 Å². The smallest absolute Gasteiger partial charge is 0.222 e. The monoisotopic (exact) mass is 173 g/mol. The van der Waals surface area contributed by atoms with Crippen molar-refractivity contribution in [3.8, 4) is 0 Å². The second-order valence-corrected chi connectivity index (χ2v) is 3.07. The van der Waals surface area contributed by atoms with Crippen LogP contribution >= 0.6 is 0 Å². The first-order chi connectivity index (χ1) is 5.70. The third-order valence-electron chi connectivity index (χ3n) is 1.66. The molecule has 1 heterocycles. The Kier molecular flexibility index (Phi) is 3.49. The number of hydrogen-bond acceptors (Lipinski definition) is 3. The van der Waals surface area contributed by atoms with Crippen molar-refractivity contribution >= 4 is 5.91 Å². The molecule has 0 aromatic rings. The van der Waals surface area contributed by atoms with Crippen LogP contribution in [0.1, 0.15) is 13.8 Å². The Hall–Kier alpha value is -0.610. The highest BCUT2D eigenvalue weighted by Crippen LogP contribution is 2.01. The number of hydrogen-bond donors (Lipinski definition) is 1. The first kappa shape index (κ1) is 9.48. The summed E-state index contributed by atoms with van der Waals surface area (Å²) in [6.45, 7) is 5.42. The first-order valence-corrected chi connectivity index (χ1v) is 4.21. The first-order valence-electron chi connectivity index (χ1n) is 4.21. The van der Waals surface area contributed by atoms with E-state index in [9.17, 15) is 4.79 Å². The van der Waals surface area contributed by atoms with Gasteiger partial charge in [0, 0.05) is 5.92 Å². The molecule has 0 atom stereocenters. The third kappa shape index (κ3) is 2.79. The van der Waals surface area contributed by atoms with Crippen LogP contribution in [0.3, 0.4) is 0 Å². The molecule has 70 valence electrons. The second-order valence-electron chi connectivity index (χ2n) is 3.07. The van der Waals surface area contributed by atoms with E-state index in [-0.39, 0.29) is 18.1 Å². The van der Waals surface area contributed by atoms with Crippen molar-refractivity contribution in [2.45, 2.75) is 20.1 Å². The molecule has 0 unspecified atom stereocenters. The van der Waals surface area contributed by atoms with Crippen LogP contribution in [0.4, 0.5) is 0 Å². The summed E-state index contributed by atoms with van der Waals surface area (Å²) in [6, 6.07) is 0. The molecule has 4 nitrogen and oxygen atoms in total. The van der Waals surface area contributed by atoms with E-state index in [0.29, 0.717) is 19.8 Å².